The quantitative estimate of drug-likeness (QED) is 0.370. The number of nitrogens with zero attached hydrogens (tertiary/aromatic N) is 4. The molecule has 0 radical (unpaired) electrons. The van der Waals surface area contributed by atoms with Gasteiger partial charge in [0.05, 0.1) is 10.6 Å². The van der Waals surface area contributed by atoms with Gasteiger partial charge in [0.1, 0.15) is 5.82 Å². The molecule has 11 heteroatoms. The van der Waals surface area contributed by atoms with Crippen LogP contribution in [0.1, 0.15) is 17.2 Å². The number of benzene rings is 2. The third kappa shape index (κ3) is 5.19. The summed E-state index contributed by atoms with van der Waals surface area (Å²) in [5.41, 5.74) is 2.41. The lowest BCUT2D eigenvalue weighted by Gasteiger charge is -2.17. The fourth-order valence-corrected chi connectivity index (χ4v) is 6.28. The maximum Gasteiger partial charge on any atom is 0.417 e. The van der Waals surface area contributed by atoms with Gasteiger partial charge in [-0.15, -0.1) is 5.10 Å². The summed E-state index contributed by atoms with van der Waals surface area (Å²) in [6.07, 6.45) is 0.874. The van der Waals surface area contributed by atoms with E-state index in [1.807, 2.05) is 12.1 Å². The molecular formula is C22H23FN4O4S2. The SMILES string of the molecule is CN(C)C(=O)Oc1nnc(SCCS(=O)(=O)c2ccc(F)cc2)n1C1Cc2ccccc2C1. The summed E-state index contributed by atoms with van der Waals surface area (Å²) in [5, 5.41) is 8.71. The first kappa shape index (κ1) is 23.2. The number of hydrogen-bond donors (Lipinski definition) is 0. The van der Waals surface area contributed by atoms with Crippen LogP contribution in [0.3, 0.4) is 0 Å². The van der Waals surface area contributed by atoms with E-state index in [1.54, 1.807) is 18.7 Å². The molecule has 0 unspecified atom stereocenters. The van der Waals surface area contributed by atoms with Crippen LogP contribution in [0.4, 0.5) is 9.18 Å². The molecule has 1 aliphatic rings. The maximum atomic E-state index is 13.1. The number of hydrogen-bond acceptors (Lipinski definition) is 7. The molecule has 0 aliphatic heterocycles. The smallest absolute Gasteiger partial charge is 0.374 e. The van der Waals surface area contributed by atoms with E-state index in [1.165, 1.54) is 39.9 Å². The van der Waals surface area contributed by atoms with Crippen LogP contribution in [0.2, 0.25) is 0 Å². The molecule has 1 heterocycles. The average molecular weight is 491 g/mol. The van der Waals surface area contributed by atoms with E-state index in [-0.39, 0.29) is 28.5 Å². The standard InChI is InChI=1S/C22H23FN4O4S2/c1-26(2)22(28)31-20-24-25-21(27(20)18-13-15-5-3-4-6-16(15)14-18)32-11-12-33(29,30)19-9-7-17(23)8-10-19/h3-10,18H,11-14H2,1-2H3. The predicted octanol–water partition coefficient (Wildman–Crippen LogP) is 3.38. The highest BCUT2D eigenvalue weighted by Crippen LogP contribution is 2.36. The van der Waals surface area contributed by atoms with E-state index in [0.717, 1.165) is 25.0 Å². The summed E-state index contributed by atoms with van der Waals surface area (Å²) in [7, 11) is -0.435. The zero-order chi connectivity index (χ0) is 23.6. The number of halogens is 1. The van der Waals surface area contributed by atoms with E-state index in [4.69, 9.17) is 4.74 Å². The molecule has 4 rings (SSSR count). The Morgan fingerprint density at radius 2 is 1.76 bits per heavy atom. The van der Waals surface area contributed by atoms with Crippen molar-refractivity contribution in [1.29, 1.82) is 0 Å². The predicted molar refractivity (Wildman–Crippen MR) is 122 cm³/mol. The Morgan fingerprint density at radius 1 is 1.12 bits per heavy atom. The zero-order valence-electron chi connectivity index (χ0n) is 18.1. The van der Waals surface area contributed by atoms with Gasteiger partial charge in [-0.05, 0) is 48.2 Å². The Kier molecular flexibility index (Phi) is 6.71. The van der Waals surface area contributed by atoms with Gasteiger partial charge in [0, 0.05) is 25.9 Å². The summed E-state index contributed by atoms with van der Waals surface area (Å²) in [6.45, 7) is 0. The lowest BCUT2D eigenvalue weighted by Crippen LogP contribution is -2.27. The van der Waals surface area contributed by atoms with Crippen molar-refractivity contribution in [2.24, 2.45) is 0 Å². The van der Waals surface area contributed by atoms with Crippen LogP contribution in [0, 0.1) is 5.82 Å². The van der Waals surface area contributed by atoms with Gasteiger partial charge < -0.3 is 9.64 Å². The minimum atomic E-state index is -3.58. The number of sulfone groups is 1. The van der Waals surface area contributed by atoms with Crippen molar-refractivity contribution < 1.29 is 22.3 Å². The number of aromatic nitrogens is 3. The first-order valence-corrected chi connectivity index (χ1v) is 12.9. The Morgan fingerprint density at radius 3 is 2.36 bits per heavy atom. The van der Waals surface area contributed by atoms with E-state index in [9.17, 15) is 17.6 Å². The highest BCUT2D eigenvalue weighted by atomic mass is 32.2. The minimum absolute atomic E-state index is 0.0569. The fourth-order valence-electron chi connectivity index (χ4n) is 3.63. The second-order valence-corrected chi connectivity index (χ2v) is 11.0. The van der Waals surface area contributed by atoms with Crippen LogP contribution in [0.15, 0.2) is 58.6 Å². The van der Waals surface area contributed by atoms with Gasteiger partial charge in [-0.1, -0.05) is 41.1 Å². The molecule has 0 atom stereocenters. The largest absolute Gasteiger partial charge is 0.417 e. The molecule has 2 aromatic carbocycles. The van der Waals surface area contributed by atoms with Crippen molar-refractivity contribution in [3.63, 3.8) is 0 Å². The molecule has 1 aromatic heterocycles. The normalized spacial score (nSPS) is 13.7. The first-order valence-electron chi connectivity index (χ1n) is 10.3. The molecule has 0 N–H and O–H groups in total. The van der Waals surface area contributed by atoms with Crippen molar-refractivity contribution in [2.45, 2.75) is 28.9 Å². The lowest BCUT2D eigenvalue weighted by molar-refractivity contribution is 0.164. The van der Waals surface area contributed by atoms with Crippen LogP contribution < -0.4 is 4.74 Å². The van der Waals surface area contributed by atoms with Crippen LogP contribution in [0.5, 0.6) is 6.01 Å². The number of thioether (sulfide) groups is 1. The summed E-state index contributed by atoms with van der Waals surface area (Å²) in [4.78, 5) is 13.5. The van der Waals surface area contributed by atoms with Gasteiger partial charge in [-0.3, -0.25) is 4.57 Å². The van der Waals surface area contributed by atoms with Gasteiger partial charge in [0.2, 0.25) is 0 Å². The average Bonchev–Trinajstić information content (AvgIpc) is 3.37. The number of amides is 1. The molecule has 33 heavy (non-hydrogen) atoms. The monoisotopic (exact) mass is 490 g/mol. The third-order valence-corrected chi connectivity index (χ3v) is 8.26. The van der Waals surface area contributed by atoms with Gasteiger partial charge in [-0.25, -0.2) is 17.6 Å². The van der Waals surface area contributed by atoms with Gasteiger partial charge >= 0.3 is 12.1 Å². The van der Waals surface area contributed by atoms with Crippen molar-refractivity contribution in [2.75, 3.05) is 25.6 Å². The highest BCUT2D eigenvalue weighted by molar-refractivity contribution is 8.00. The lowest BCUT2D eigenvalue weighted by atomic mass is 10.1. The molecule has 1 amide bonds. The molecule has 0 saturated heterocycles. The van der Waals surface area contributed by atoms with Crippen LogP contribution in [-0.4, -0.2) is 59.8 Å². The zero-order valence-corrected chi connectivity index (χ0v) is 19.8. The van der Waals surface area contributed by atoms with E-state index >= 15 is 0 Å². The van der Waals surface area contributed by atoms with Crippen molar-refractivity contribution in [1.82, 2.24) is 19.7 Å². The molecule has 174 valence electrons. The number of carbonyl (C=O) groups is 1. The van der Waals surface area contributed by atoms with Crippen molar-refractivity contribution >= 4 is 27.7 Å². The van der Waals surface area contributed by atoms with Gasteiger partial charge in [0.15, 0.2) is 15.0 Å². The van der Waals surface area contributed by atoms with Crippen molar-refractivity contribution in [3.05, 3.63) is 65.5 Å². The molecular weight excluding hydrogens is 467 g/mol. The molecule has 0 fully saturated rings. The Bertz CT molecular complexity index is 1230. The molecule has 0 saturated carbocycles. The van der Waals surface area contributed by atoms with Gasteiger partial charge in [0.25, 0.3) is 0 Å². The Balaban J connectivity index is 1.53. The van der Waals surface area contributed by atoms with Crippen LogP contribution in [-0.2, 0) is 22.7 Å². The second kappa shape index (κ2) is 9.52. The van der Waals surface area contributed by atoms with Crippen molar-refractivity contribution in [3.8, 4) is 6.01 Å². The number of fused-ring (bicyclic) bond motifs is 1. The Hall–Kier alpha value is -2.92. The number of ether oxygens (including phenoxy) is 1. The third-order valence-electron chi connectivity index (χ3n) is 5.33. The molecule has 8 nitrogen and oxygen atoms in total. The summed E-state index contributed by atoms with van der Waals surface area (Å²) >= 11 is 1.22. The summed E-state index contributed by atoms with van der Waals surface area (Å²) < 4.78 is 45.5. The number of rotatable bonds is 7. The van der Waals surface area contributed by atoms with E-state index in [0.29, 0.717) is 5.16 Å². The highest BCUT2D eigenvalue weighted by Gasteiger charge is 2.30. The molecule has 0 spiro atoms. The number of carbonyl (C=O) groups excluding carboxylic acids is 1. The summed E-state index contributed by atoms with van der Waals surface area (Å²) in [5.74, 6) is -0.443. The van der Waals surface area contributed by atoms with E-state index in [2.05, 4.69) is 22.3 Å². The minimum Gasteiger partial charge on any atom is -0.374 e. The first-order chi connectivity index (χ1) is 15.7. The maximum absolute atomic E-state index is 13.1. The van der Waals surface area contributed by atoms with E-state index < -0.39 is 21.7 Å². The topological polar surface area (TPSA) is 94.4 Å². The second-order valence-electron chi connectivity index (χ2n) is 7.85. The fraction of sp³-hybridized carbons (Fsp3) is 0.318. The summed E-state index contributed by atoms with van der Waals surface area (Å²) in [6, 6.07) is 12.9. The van der Waals surface area contributed by atoms with Gasteiger partial charge in [-0.2, -0.15) is 0 Å². The molecule has 0 bridgehead atoms. The van der Waals surface area contributed by atoms with Crippen LogP contribution >= 0.6 is 11.8 Å². The Labute approximate surface area is 195 Å². The molecule has 3 aromatic rings. The van der Waals surface area contributed by atoms with Crippen LogP contribution in [0.25, 0.3) is 0 Å². The molecule has 1 aliphatic carbocycles.